The molecule has 0 aromatic rings. The van der Waals surface area contributed by atoms with Crippen LogP contribution in [-0.4, -0.2) is 14.4 Å². The number of hydrogen-bond acceptors (Lipinski definition) is 1. The second-order valence-electron chi connectivity index (χ2n) is 6.97. The molecule has 2 unspecified atom stereocenters. The monoisotopic (exact) mass is 276 g/mol. The summed E-state index contributed by atoms with van der Waals surface area (Å²) in [6.45, 7) is 15.4. The first-order valence-corrected chi connectivity index (χ1v) is 10.1. The zero-order valence-corrected chi connectivity index (χ0v) is 14.6. The van der Waals surface area contributed by atoms with E-state index in [0.29, 0.717) is 17.9 Å². The van der Waals surface area contributed by atoms with E-state index >= 15 is 0 Å². The van der Waals surface area contributed by atoms with Crippen LogP contribution in [0.5, 0.6) is 0 Å². The van der Waals surface area contributed by atoms with Crippen molar-refractivity contribution in [3.8, 4) is 23.7 Å². The highest BCUT2D eigenvalue weighted by molar-refractivity contribution is 6.74. The summed E-state index contributed by atoms with van der Waals surface area (Å²) in [4.78, 5) is 0. The lowest BCUT2D eigenvalue weighted by atomic mass is 9.97. The molecule has 1 fully saturated rings. The molecule has 1 saturated carbocycles. The lowest BCUT2D eigenvalue weighted by Crippen LogP contribution is -2.43. The van der Waals surface area contributed by atoms with Gasteiger partial charge in [0.2, 0.25) is 0 Å². The fourth-order valence-corrected chi connectivity index (χ4v) is 3.75. The molecule has 106 valence electrons. The maximum atomic E-state index is 6.52. The summed E-state index contributed by atoms with van der Waals surface area (Å²) in [5, 5.41) is 0.271. The second kappa shape index (κ2) is 6.17. The van der Waals surface area contributed by atoms with E-state index in [1.54, 1.807) is 0 Å². The van der Waals surface area contributed by atoms with Crippen LogP contribution in [0.25, 0.3) is 0 Å². The van der Waals surface area contributed by atoms with Crippen molar-refractivity contribution < 1.29 is 4.43 Å². The third kappa shape index (κ3) is 4.13. The third-order valence-corrected chi connectivity index (χ3v) is 8.98. The van der Waals surface area contributed by atoms with Gasteiger partial charge in [0, 0.05) is 17.9 Å². The molecule has 2 heteroatoms. The molecule has 0 aromatic carbocycles. The average molecular weight is 276 g/mol. The minimum atomic E-state index is -1.67. The van der Waals surface area contributed by atoms with Gasteiger partial charge >= 0.3 is 0 Å². The maximum absolute atomic E-state index is 6.52. The lowest BCUT2D eigenvalue weighted by Gasteiger charge is -2.38. The molecule has 0 bridgehead atoms. The highest BCUT2D eigenvalue weighted by Crippen LogP contribution is 2.41. The van der Waals surface area contributed by atoms with Crippen molar-refractivity contribution in [3.05, 3.63) is 0 Å². The summed E-state index contributed by atoms with van der Waals surface area (Å²) in [5.74, 6) is 13.5. The van der Waals surface area contributed by atoms with Crippen molar-refractivity contribution in [3.63, 3.8) is 0 Å². The van der Waals surface area contributed by atoms with Crippen LogP contribution in [0.15, 0.2) is 0 Å². The quantitative estimate of drug-likeness (QED) is 0.535. The fourth-order valence-electron chi connectivity index (χ4n) is 2.37. The smallest absolute Gasteiger partial charge is 0.192 e. The Kier molecular flexibility index (Phi) is 5.31. The van der Waals surface area contributed by atoms with Gasteiger partial charge in [-0.3, -0.25) is 0 Å². The molecular weight excluding hydrogens is 248 g/mol. The van der Waals surface area contributed by atoms with Gasteiger partial charge in [-0.1, -0.05) is 32.6 Å². The largest absolute Gasteiger partial charge is 0.414 e. The normalized spacial score (nSPS) is 27.2. The van der Waals surface area contributed by atoms with E-state index in [9.17, 15) is 0 Å². The Hall–Kier alpha value is -0.703. The molecule has 0 radical (unpaired) electrons. The Morgan fingerprint density at radius 2 is 1.37 bits per heavy atom. The minimum absolute atomic E-state index is 0.271. The van der Waals surface area contributed by atoms with E-state index < -0.39 is 8.32 Å². The molecule has 19 heavy (non-hydrogen) atoms. The molecular formula is C17H28OSi. The SMILES string of the molecule is CC#CC1CC(O[Si](C)(C)C(C)(C)C)CC1C#CC. The summed E-state index contributed by atoms with van der Waals surface area (Å²) in [6, 6.07) is 0. The molecule has 2 atom stereocenters. The predicted octanol–water partition coefficient (Wildman–Crippen LogP) is 4.45. The molecule has 1 rings (SSSR count). The summed E-state index contributed by atoms with van der Waals surface area (Å²) >= 11 is 0. The van der Waals surface area contributed by atoms with E-state index in [1.807, 2.05) is 13.8 Å². The Labute approximate surface area is 120 Å². The first kappa shape index (κ1) is 16.4. The predicted molar refractivity (Wildman–Crippen MR) is 85.2 cm³/mol. The van der Waals surface area contributed by atoms with Crippen molar-refractivity contribution in [1.29, 1.82) is 0 Å². The van der Waals surface area contributed by atoms with Gasteiger partial charge in [0.15, 0.2) is 8.32 Å². The standard InChI is InChI=1S/C17H28OSi/c1-8-10-14-12-16(13-15(14)11-9-2)18-19(6,7)17(3,4)5/h14-16H,12-13H2,1-7H3. The van der Waals surface area contributed by atoms with Gasteiger partial charge in [-0.15, -0.1) is 11.8 Å². The summed E-state index contributed by atoms with van der Waals surface area (Å²) in [5.41, 5.74) is 0. The molecule has 0 spiro atoms. The van der Waals surface area contributed by atoms with Crippen LogP contribution in [0.3, 0.4) is 0 Å². The van der Waals surface area contributed by atoms with E-state index in [1.165, 1.54) is 0 Å². The van der Waals surface area contributed by atoms with Crippen LogP contribution in [0.1, 0.15) is 47.5 Å². The molecule has 1 aliphatic carbocycles. The highest BCUT2D eigenvalue weighted by Gasteiger charge is 2.42. The van der Waals surface area contributed by atoms with Crippen LogP contribution >= 0.6 is 0 Å². The lowest BCUT2D eigenvalue weighted by molar-refractivity contribution is 0.184. The highest BCUT2D eigenvalue weighted by atomic mass is 28.4. The summed E-state index contributed by atoms with van der Waals surface area (Å²) < 4.78 is 6.52. The average Bonchev–Trinajstić information content (AvgIpc) is 2.59. The van der Waals surface area contributed by atoms with Gasteiger partial charge < -0.3 is 4.43 Å². The molecule has 0 saturated heterocycles. The topological polar surface area (TPSA) is 9.23 Å². The summed E-state index contributed by atoms with van der Waals surface area (Å²) in [7, 11) is -1.67. The molecule has 0 N–H and O–H groups in total. The van der Waals surface area contributed by atoms with Gasteiger partial charge in [0.1, 0.15) is 0 Å². The van der Waals surface area contributed by atoms with Crippen LogP contribution in [0.2, 0.25) is 18.1 Å². The first-order chi connectivity index (χ1) is 8.71. The first-order valence-electron chi connectivity index (χ1n) is 7.23. The molecule has 0 aliphatic heterocycles. The van der Waals surface area contributed by atoms with Crippen molar-refractivity contribution in [2.75, 3.05) is 0 Å². The van der Waals surface area contributed by atoms with Gasteiger partial charge in [-0.05, 0) is 44.8 Å². The molecule has 1 aliphatic rings. The maximum Gasteiger partial charge on any atom is 0.192 e. The van der Waals surface area contributed by atoms with Crippen molar-refractivity contribution >= 4 is 8.32 Å². The summed E-state index contributed by atoms with van der Waals surface area (Å²) in [6.07, 6.45) is 2.44. The van der Waals surface area contributed by atoms with Gasteiger partial charge in [-0.2, -0.15) is 0 Å². The van der Waals surface area contributed by atoms with Gasteiger partial charge in [-0.25, -0.2) is 0 Å². The van der Waals surface area contributed by atoms with Crippen LogP contribution < -0.4 is 0 Å². The zero-order valence-electron chi connectivity index (χ0n) is 13.6. The zero-order chi connectivity index (χ0) is 14.7. The van der Waals surface area contributed by atoms with Crippen molar-refractivity contribution in [2.45, 2.75) is 71.7 Å². The van der Waals surface area contributed by atoms with Gasteiger partial charge in [0.25, 0.3) is 0 Å². The van der Waals surface area contributed by atoms with Gasteiger partial charge in [0.05, 0.1) is 0 Å². The van der Waals surface area contributed by atoms with E-state index in [0.717, 1.165) is 12.8 Å². The third-order valence-electron chi connectivity index (χ3n) is 4.45. The van der Waals surface area contributed by atoms with Crippen LogP contribution in [0.4, 0.5) is 0 Å². The van der Waals surface area contributed by atoms with Crippen LogP contribution in [-0.2, 0) is 4.43 Å². The fraction of sp³-hybridized carbons (Fsp3) is 0.765. The molecule has 0 amide bonds. The molecule has 0 aromatic heterocycles. The molecule has 1 nitrogen and oxygen atoms in total. The van der Waals surface area contributed by atoms with E-state index in [2.05, 4.69) is 57.5 Å². The Bertz CT molecular complexity index is 394. The Balaban J connectivity index is 2.76. The number of hydrogen-bond donors (Lipinski definition) is 0. The number of rotatable bonds is 2. The Morgan fingerprint density at radius 1 is 0.947 bits per heavy atom. The van der Waals surface area contributed by atoms with E-state index in [-0.39, 0.29) is 5.04 Å². The second-order valence-corrected chi connectivity index (χ2v) is 11.7. The minimum Gasteiger partial charge on any atom is -0.414 e. The van der Waals surface area contributed by atoms with Crippen molar-refractivity contribution in [1.82, 2.24) is 0 Å². The molecule has 0 heterocycles. The van der Waals surface area contributed by atoms with Crippen LogP contribution in [0, 0.1) is 35.5 Å². The van der Waals surface area contributed by atoms with Crippen molar-refractivity contribution in [2.24, 2.45) is 11.8 Å². The van der Waals surface area contributed by atoms with E-state index in [4.69, 9.17) is 4.43 Å². The Morgan fingerprint density at radius 3 is 1.68 bits per heavy atom.